The highest BCUT2D eigenvalue weighted by Crippen LogP contribution is 2.30. The van der Waals surface area contributed by atoms with E-state index in [4.69, 9.17) is 4.98 Å². The summed E-state index contributed by atoms with van der Waals surface area (Å²) in [5.41, 5.74) is 5.38. The molecule has 0 N–H and O–H groups in total. The summed E-state index contributed by atoms with van der Waals surface area (Å²) in [6.07, 6.45) is 6.02. The molecule has 0 unspecified atom stereocenters. The van der Waals surface area contributed by atoms with Crippen LogP contribution in [0.4, 0.5) is 5.69 Å². The van der Waals surface area contributed by atoms with Crippen LogP contribution < -0.4 is 4.90 Å². The predicted octanol–water partition coefficient (Wildman–Crippen LogP) is 4.30. The standard InChI is InChI=1S/C25H16N4O2/c30-24-11-12-25(31)29(24)19-9-7-17(8-10-19)18-15-22(20-5-1-3-13-26-20)28-23(16-18)21-6-2-4-14-27-21/h1-16H. The Morgan fingerprint density at radius 2 is 1.13 bits per heavy atom. The Labute approximate surface area is 178 Å². The van der Waals surface area contributed by atoms with Crippen molar-refractivity contribution in [2.24, 2.45) is 0 Å². The van der Waals surface area contributed by atoms with Gasteiger partial charge in [-0.2, -0.15) is 0 Å². The van der Waals surface area contributed by atoms with Crippen LogP contribution in [0, 0.1) is 0 Å². The molecule has 5 rings (SSSR count). The Morgan fingerprint density at radius 3 is 1.61 bits per heavy atom. The van der Waals surface area contributed by atoms with Gasteiger partial charge in [0.1, 0.15) is 0 Å². The smallest absolute Gasteiger partial charge is 0.258 e. The van der Waals surface area contributed by atoms with Crippen LogP contribution in [0.5, 0.6) is 0 Å². The molecule has 4 aromatic rings. The minimum absolute atomic E-state index is 0.337. The molecule has 3 aromatic heterocycles. The van der Waals surface area contributed by atoms with Crippen molar-refractivity contribution in [3.63, 3.8) is 0 Å². The van der Waals surface area contributed by atoms with E-state index in [0.717, 1.165) is 38.8 Å². The fourth-order valence-corrected chi connectivity index (χ4v) is 3.45. The maximum atomic E-state index is 11.9. The van der Waals surface area contributed by atoms with E-state index in [-0.39, 0.29) is 11.8 Å². The normalized spacial score (nSPS) is 13.1. The maximum Gasteiger partial charge on any atom is 0.258 e. The van der Waals surface area contributed by atoms with Crippen LogP contribution in [-0.2, 0) is 9.59 Å². The summed E-state index contributed by atoms with van der Waals surface area (Å²) >= 11 is 0. The molecular formula is C25H16N4O2. The molecule has 0 atom stereocenters. The number of carbonyl (C=O) groups excluding carboxylic acids is 2. The Morgan fingerprint density at radius 1 is 0.581 bits per heavy atom. The lowest BCUT2D eigenvalue weighted by atomic mass is 10.0. The number of nitrogens with zero attached hydrogens (tertiary/aromatic N) is 4. The van der Waals surface area contributed by atoms with Gasteiger partial charge in [-0.05, 0) is 59.7 Å². The number of benzene rings is 1. The van der Waals surface area contributed by atoms with E-state index in [1.807, 2.05) is 60.7 Å². The number of aromatic nitrogens is 3. The molecule has 0 spiro atoms. The van der Waals surface area contributed by atoms with Gasteiger partial charge >= 0.3 is 0 Å². The molecule has 1 aliphatic rings. The average molecular weight is 404 g/mol. The number of amides is 2. The molecule has 6 nitrogen and oxygen atoms in total. The lowest BCUT2D eigenvalue weighted by molar-refractivity contribution is -0.119. The van der Waals surface area contributed by atoms with Crippen molar-refractivity contribution >= 4 is 17.5 Å². The summed E-state index contributed by atoms with van der Waals surface area (Å²) in [5.74, 6) is -0.673. The Kier molecular flexibility index (Phi) is 4.65. The summed E-state index contributed by atoms with van der Waals surface area (Å²) in [6, 6.07) is 22.6. The highest BCUT2D eigenvalue weighted by Gasteiger charge is 2.24. The predicted molar refractivity (Wildman–Crippen MR) is 118 cm³/mol. The summed E-state index contributed by atoms with van der Waals surface area (Å²) in [4.78, 5) is 38.7. The Balaban J connectivity index is 1.58. The molecule has 0 aliphatic carbocycles. The van der Waals surface area contributed by atoms with Crippen molar-refractivity contribution < 1.29 is 9.59 Å². The van der Waals surface area contributed by atoms with E-state index in [2.05, 4.69) is 9.97 Å². The maximum absolute atomic E-state index is 11.9. The minimum atomic E-state index is -0.337. The van der Waals surface area contributed by atoms with Gasteiger partial charge < -0.3 is 0 Å². The second-order valence-corrected chi connectivity index (χ2v) is 6.95. The van der Waals surface area contributed by atoms with Crippen molar-refractivity contribution in [1.29, 1.82) is 0 Å². The summed E-state index contributed by atoms with van der Waals surface area (Å²) in [5, 5.41) is 0. The number of anilines is 1. The third-order valence-corrected chi connectivity index (χ3v) is 4.95. The number of rotatable bonds is 4. The molecule has 1 aliphatic heterocycles. The van der Waals surface area contributed by atoms with Crippen LogP contribution in [0.15, 0.2) is 97.3 Å². The molecule has 31 heavy (non-hydrogen) atoms. The monoisotopic (exact) mass is 404 g/mol. The van der Waals surface area contributed by atoms with E-state index in [1.54, 1.807) is 24.5 Å². The first kappa shape index (κ1) is 18.6. The van der Waals surface area contributed by atoms with Gasteiger partial charge in [-0.1, -0.05) is 24.3 Å². The molecule has 0 radical (unpaired) electrons. The summed E-state index contributed by atoms with van der Waals surface area (Å²) < 4.78 is 0. The van der Waals surface area contributed by atoms with Gasteiger partial charge in [0.15, 0.2) is 0 Å². The van der Waals surface area contributed by atoms with Gasteiger partial charge in [0.2, 0.25) is 0 Å². The summed E-state index contributed by atoms with van der Waals surface area (Å²) in [7, 11) is 0. The van der Waals surface area contributed by atoms with E-state index < -0.39 is 0 Å². The van der Waals surface area contributed by atoms with Gasteiger partial charge in [0.05, 0.1) is 28.5 Å². The van der Waals surface area contributed by atoms with E-state index in [0.29, 0.717) is 5.69 Å². The third-order valence-electron chi connectivity index (χ3n) is 4.95. The second kappa shape index (κ2) is 7.76. The lowest BCUT2D eigenvalue weighted by Gasteiger charge is -2.14. The zero-order chi connectivity index (χ0) is 21.2. The molecule has 6 heteroatoms. The number of pyridine rings is 3. The van der Waals surface area contributed by atoms with Crippen LogP contribution >= 0.6 is 0 Å². The number of imide groups is 1. The van der Waals surface area contributed by atoms with Crippen LogP contribution in [0.2, 0.25) is 0 Å². The Bertz CT molecular complexity index is 1220. The number of carbonyl (C=O) groups is 2. The van der Waals surface area contributed by atoms with Gasteiger partial charge in [-0.15, -0.1) is 0 Å². The largest absolute Gasteiger partial charge is 0.269 e. The molecule has 0 fully saturated rings. The highest BCUT2D eigenvalue weighted by molar-refractivity contribution is 6.28. The van der Waals surface area contributed by atoms with Crippen molar-refractivity contribution in [3.8, 4) is 33.9 Å². The molecule has 2 amide bonds. The molecule has 148 valence electrons. The highest BCUT2D eigenvalue weighted by atomic mass is 16.2. The molecule has 1 aromatic carbocycles. The molecule has 0 saturated carbocycles. The zero-order valence-electron chi connectivity index (χ0n) is 16.3. The van der Waals surface area contributed by atoms with Gasteiger partial charge in [-0.3, -0.25) is 19.6 Å². The molecule has 0 bridgehead atoms. The summed E-state index contributed by atoms with van der Waals surface area (Å²) in [6.45, 7) is 0. The number of hydrogen-bond acceptors (Lipinski definition) is 5. The van der Waals surface area contributed by atoms with Crippen LogP contribution in [0.3, 0.4) is 0 Å². The molecular weight excluding hydrogens is 388 g/mol. The molecule has 0 saturated heterocycles. The van der Waals surface area contributed by atoms with Gasteiger partial charge in [-0.25, -0.2) is 9.88 Å². The second-order valence-electron chi connectivity index (χ2n) is 6.95. The molecule has 4 heterocycles. The van der Waals surface area contributed by atoms with E-state index in [9.17, 15) is 9.59 Å². The average Bonchev–Trinajstić information content (AvgIpc) is 3.18. The van der Waals surface area contributed by atoms with Gasteiger partial charge in [0, 0.05) is 24.5 Å². The first-order valence-electron chi connectivity index (χ1n) is 9.70. The van der Waals surface area contributed by atoms with Gasteiger partial charge in [0.25, 0.3) is 11.8 Å². The number of hydrogen-bond donors (Lipinski definition) is 0. The fourth-order valence-electron chi connectivity index (χ4n) is 3.45. The van der Waals surface area contributed by atoms with E-state index >= 15 is 0 Å². The van der Waals surface area contributed by atoms with Crippen LogP contribution in [0.1, 0.15) is 0 Å². The first-order chi connectivity index (χ1) is 15.2. The SMILES string of the molecule is O=C1C=CC(=O)N1c1ccc(-c2cc(-c3ccccn3)nc(-c3ccccn3)c2)cc1. The minimum Gasteiger partial charge on any atom is -0.269 e. The third kappa shape index (κ3) is 3.62. The lowest BCUT2D eigenvalue weighted by Crippen LogP contribution is -2.29. The van der Waals surface area contributed by atoms with Crippen molar-refractivity contribution in [2.45, 2.75) is 0 Å². The van der Waals surface area contributed by atoms with Crippen molar-refractivity contribution in [1.82, 2.24) is 15.0 Å². The zero-order valence-corrected chi connectivity index (χ0v) is 16.3. The van der Waals surface area contributed by atoms with Crippen molar-refractivity contribution in [2.75, 3.05) is 4.90 Å². The first-order valence-corrected chi connectivity index (χ1v) is 9.70. The fraction of sp³-hybridized carbons (Fsp3) is 0. The van der Waals surface area contributed by atoms with Crippen LogP contribution in [-0.4, -0.2) is 26.8 Å². The van der Waals surface area contributed by atoms with E-state index in [1.165, 1.54) is 12.2 Å². The van der Waals surface area contributed by atoms with Crippen molar-refractivity contribution in [3.05, 3.63) is 97.3 Å². The quantitative estimate of drug-likeness (QED) is 0.474. The Hall–Kier alpha value is -4.45. The van der Waals surface area contributed by atoms with Crippen LogP contribution in [0.25, 0.3) is 33.9 Å². The topological polar surface area (TPSA) is 76.1 Å².